The number of fused-ring (bicyclic) bond motifs is 1. The van der Waals surface area contributed by atoms with Crippen molar-refractivity contribution in [1.29, 1.82) is 0 Å². The normalized spacial score (nSPS) is 18.8. The summed E-state index contributed by atoms with van der Waals surface area (Å²) < 4.78 is 10.9. The predicted octanol–water partition coefficient (Wildman–Crippen LogP) is 2.09. The Hall–Kier alpha value is -2.44. The quantitative estimate of drug-likeness (QED) is 0.812. The number of nitrogens with zero attached hydrogens (tertiary/aromatic N) is 3. The lowest BCUT2D eigenvalue weighted by atomic mass is 10.0. The van der Waals surface area contributed by atoms with Crippen LogP contribution in [0.2, 0.25) is 0 Å². The van der Waals surface area contributed by atoms with E-state index in [0.717, 1.165) is 50.3 Å². The largest absolute Gasteiger partial charge is 0.497 e. The van der Waals surface area contributed by atoms with Gasteiger partial charge < -0.3 is 14.4 Å². The third-order valence-corrected chi connectivity index (χ3v) is 5.67. The molecular weight excluding hydrogens is 354 g/mol. The molecular formula is C22H27N3O3. The van der Waals surface area contributed by atoms with Gasteiger partial charge in [-0.2, -0.15) is 0 Å². The van der Waals surface area contributed by atoms with Crippen molar-refractivity contribution in [3.63, 3.8) is 0 Å². The van der Waals surface area contributed by atoms with Crippen LogP contribution < -0.4 is 4.74 Å². The summed E-state index contributed by atoms with van der Waals surface area (Å²) in [6, 6.07) is 9.84. The SMILES string of the molecule is COc1ccc2c(c1)CCN(C(=O)[C@H](c1cccnc1)N1CCOCC1)CC2. The number of amides is 1. The number of hydrogen-bond donors (Lipinski definition) is 0. The third kappa shape index (κ3) is 4.03. The molecule has 1 atom stereocenters. The van der Waals surface area contributed by atoms with Crippen molar-refractivity contribution in [3.05, 3.63) is 59.4 Å². The lowest BCUT2D eigenvalue weighted by Crippen LogP contribution is -2.47. The first-order valence-corrected chi connectivity index (χ1v) is 9.92. The molecule has 0 spiro atoms. The molecule has 1 aromatic carbocycles. The van der Waals surface area contributed by atoms with Gasteiger partial charge in [-0.3, -0.25) is 14.7 Å². The Labute approximate surface area is 166 Å². The molecule has 1 aromatic heterocycles. The van der Waals surface area contributed by atoms with E-state index < -0.39 is 0 Å². The Morgan fingerprint density at radius 3 is 2.61 bits per heavy atom. The molecule has 1 fully saturated rings. The van der Waals surface area contributed by atoms with Crippen molar-refractivity contribution in [2.45, 2.75) is 18.9 Å². The number of hydrogen-bond acceptors (Lipinski definition) is 5. The standard InChI is InChI=1S/C22H27N3O3/c1-27-20-5-4-17-6-9-25(10-7-18(17)15-20)22(26)21(19-3-2-8-23-16-19)24-11-13-28-14-12-24/h2-5,8,15-16,21H,6-7,9-14H2,1H3/t21-/m0/s1. The number of carbonyl (C=O) groups is 1. The van der Waals surface area contributed by atoms with E-state index in [0.29, 0.717) is 13.2 Å². The molecule has 2 aromatic rings. The number of pyridine rings is 1. The zero-order valence-corrected chi connectivity index (χ0v) is 16.3. The Morgan fingerprint density at radius 2 is 1.89 bits per heavy atom. The zero-order chi connectivity index (χ0) is 19.3. The monoisotopic (exact) mass is 381 g/mol. The Kier molecular flexibility index (Phi) is 5.88. The first-order valence-electron chi connectivity index (χ1n) is 9.92. The van der Waals surface area contributed by atoms with Crippen LogP contribution in [0.4, 0.5) is 0 Å². The molecule has 0 radical (unpaired) electrons. The molecule has 0 bridgehead atoms. The average molecular weight is 381 g/mol. The highest BCUT2D eigenvalue weighted by atomic mass is 16.5. The molecule has 1 amide bonds. The van der Waals surface area contributed by atoms with E-state index in [9.17, 15) is 4.79 Å². The summed E-state index contributed by atoms with van der Waals surface area (Å²) in [5, 5.41) is 0. The number of carbonyl (C=O) groups excluding carboxylic acids is 1. The van der Waals surface area contributed by atoms with E-state index in [2.05, 4.69) is 22.0 Å². The van der Waals surface area contributed by atoms with Crippen molar-refractivity contribution in [3.8, 4) is 5.75 Å². The predicted molar refractivity (Wildman–Crippen MR) is 106 cm³/mol. The second-order valence-corrected chi connectivity index (χ2v) is 7.30. The van der Waals surface area contributed by atoms with Gasteiger partial charge in [-0.1, -0.05) is 12.1 Å². The summed E-state index contributed by atoms with van der Waals surface area (Å²) in [4.78, 5) is 22.1. The van der Waals surface area contributed by atoms with Gasteiger partial charge in [0.05, 0.1) is 20.3 Å². The maximum atomic E-state index is 13.6. The van der Waals surface area contributed by atoms with E-state index in [1.807, 2.05) is 29.3 Å². The first kappa shape index (κ1) is 18.9. The van der Waals surface area contributed by atoms with Gasteiger partial charge in [0, 0.05) is 38.6 Å². The van der Waals surface area contributed by atoms with E-state index in [4.69, 9.17) is 9.47 Å². The van der Waals surface area contributed by atoms with E-state index in [1.165, 1.54) is 11.1 Å². The second-order valence-electron chi connectivity index (χ2n) is 7.30. The summed E-state index contributed by atoms with van der Waals surface area (Å²) in [5.41, 5.74) is 3.54. The fourth-order valence-electron chi connectivity index (χ4n) is 4.10. The fraction of sp³-hybridized carbons (Fsp3) is 0.455. The number of benzene rings is 1. The molecule has 4 rings (SSSR count). The molecule has 0 saturated carbocycles. The summed E-state index contributed by atoms with van der Waals surface area (Å²) in [6.07, 6.45) is 5.28. The van der Waals surface area contributed by atoms with Gasteiger partial charge in [-0.05, 0) is 47.7 Å². The summed E-state index contributed by atoms with van der Waals surface area (Å²) in [6.45, 7) is 4.30. The first-order chi connectivity index (χ1) is 13.8. The molecule has 28 heavy (non-hydrogen) atoms. The van der Waals surface area contributed by atoms with Crippen LogP contribution >= 0.6 is 0 Å². The molecule has 0 aliphatic carbocycles. The Bertz CT molecular complexity index is 806. The van der Waals surface area contributed by atoms with E-state index in [1.54, 1.807) is 13.3 Å². The number of morpholine rings is 1. The Balaban J connectivity index is 1.55. The topological polar surface area (TPSA) is 54.9 Å². The maximum Gasteiger partial charge on any atom is 0.244 e. The van der Waals surface area contributed by atoms with Crippen LogP contribution in [-0.4, -0.2) is 67.2 Å². The van der Waals surface area contributed by atoms with Crippen LogP contribution in [0.5, 0.6) is 5.75 Å². The van der Waals surface area contributed by atoms with Crippen LogP contribution in [0.25, 0.3) is 0 Å². The van der Waals surface area contributed by atoms with Crippen molar-refractivity contribution < 1.29 is 14.3 Å². The van der Waals surface area contributed by atoms with Crippen LogP contribution in [0, 0.1) is 0 Å². The minimum Gasteiger partial charge on any atom is -0.497 e. The molecule has 1 saturated heterocycles. The molecule has 0 unspecified atom stereocenters. The molecule has 2 aliphatic rings. The Morgan fingerprint density at radius 1 is 1.11 bits per heavy atom. The minimum absolute atomic E-state index is 0.162. The van der Waals surface area contributed by atoms with Crippen molar-refractivity contribution in [2.75, 3.05) is 46.5 Å². The van der Waals surface area contributed by atoms with Crippen LogP contribution in [0.1, 0.15) is 22.7 Å². The lowest BCUT2D eigenvalue weighted by Gasteiger charge is -2.36. The van der Waals surface area contributed by atoms with Gasteiger partial charge in [-0.25, -0.2) is 0 Å². The summed E-state index contributed by atoms with van der Waals surface area (Å²) in [5.74, 6) is 1.04. The molecule has 0 N–H and O–H groups in total. The number of ether oxygens (including phenoxy) is 2. The van der Waals surface area contributed by atoms with Gasteiger partial charge in [0.25, 0.3) is 0 Å². The van der Waals surface area contributed by atoms with Gasteiger partial charge in [-0.15, -0.1) is 0 Å². The van der Waals surface area contributed by atoms with Crippen molar-refractivity contribution >= 4 is 5.91 Å². The van der Waals surface area contributed by atoms with Crippen LogP contribution in [-0.2, 0) is 22.4 Å². The number of methoxy groups -OCH3 is 1. The molecule has 2 aliphatic heterocycles. The van der Waals surface area contributed by atoms with Gasteiger partial charge >= 0.3 is 0 Å². The van der Waals surface area contributed by atoms with E-state index in [-0.39, 0.29) is 11.9 Å². The molecule has 148 valence electrons. The van der Waals surface area contributed by atoms with Gasteiger partial charge in [0.15, 0.2) is 0 Å². The zero-order valence-electron chi connectivity index (χ0n) is 16.3. The molecule has 3 heterocycles. The highest BCUT2D eigenvalue weighted by molar-refractivity contribution is 5.83. The van der Waals surface area contributed by atoms with Crippen LogP contribution in [0.3, 0.4) is 0 Å². The third-order valence-electron chi connectivity index (χ3n) is 5.67. The minimum atomic E-state index is -0.298. The maximum absolute atomic E-state index is 13.6. The second kappa shape index (κ2) is 8.71. The van der Waals surface area contributed by atoms with Crippen LogP contribution in [0.15, 0.2) is 42.7 Å². The van der Waals surface area contributed by atoms with Crippen molar-refractivity contribution in [2.24, 2.45) is 0 Å². The van der Waals surface area contributed by atoms with Gasteiger partial charge in [0.2, 0.25) is 5.91 Å². The molecule has 6 nitrogen and oxygen atoms in total. The summed E-state index contributed by atoms with van der Waals surface area (Å²) >= 11 is 0. The number of aromatic nitrogens is 1. The van der Waals surface area contributed by atoms with Gasteiger partial charge in [0.1, 0.15) is 11.8 Å². The highest BCUT2D eigenvalue weighted by Gasteiger charge is 2.33. The average Bonchev–Trinajstić information content (AvgIpc) is 2.97. The highest BCUT2D eigenvalue weighted by Crippen LogP contribution is 2.27. The lowest BCUT2D eigenvalue weighted by molar-refractivity contribution is -0.139. The molecule has 6 heteroatoms. The van der Waals surface area contributed by atoms with E-state index >= 15 is 0 Å². The number of rotatable bonds is 4. The van der Waals surface area contributed by atoms with Crippen molar-refractivity contribution in [1.82, 2.24) is 14.8 Å². The summed E-state index contributed by atoms with van der Waals surface area (Å²) in [7, 11) is 1.69. The smallest absolute Gasteiger partial charge is 0.244 e. The fourth-order valence-corrected chi connectivity index (χ4v) is 4.10.